The van der Waals surface area contributed by atoms with E-state index in [1.165, 1.54) is 11.1 Å². The third-order valence-corrected chi connectivity index (χ3v) is 3.36. The maximum absolute atomic E-state index is 6.13. The molecule has 2 aromatic rings. The normalized spacial score (nSPS) is 10.7. The van der Waals surface area contributed by atoms with Crippen molar-refractivity contribution in [3.05, 3.63) is 45.2 Å². The summed E-state index contributed by atoms with van der Waals surface area (Å²) in [4.78, 5) is 8.65. The van der Waals surface area contributed by atoms with E-state index >= 15 is 0 Å². The minimum absolute atomic E-state index is 0.437. The van der Waals surface area contributed by atoms with E-state index in [4.69, 9.17) is 23.2 Å². The van der Waals surface area contributed by atoms with Crippen LogP contribution in [-0.4, -0.2) is 9.97 Å². The molecule has 0 aliphatic rings. The van der Waals surface area contributed by atoms with E-state index in [1.807, 2.05) is 32.9 Å². The Morgan fingerprint density at radius 2 is 1.44 bits per heavy atom. The lowest BCUT2D eigenvalue weighted by atomic mass is 10.1. The summed E-state index contributed by atoms with van der Waals surface area (Å²) in [7, 11) is 0. The Hall–Kier alpha value is -1.12. The van der Waals surface area contributed by atoms with Crippen LogP contribution in [0.4, 0.5) is 0 Å². The number of benzene rings is 1. The maximum atomic E-state index is 6.13. The molecule has 0 amide bonds. The van der Waals surface area contributed by atoms with Gasteiger partial charge in [0.2, 0.25) is 0 Å². The van der Waals surface area contributed by atoms with Crippen molar-refractivity contribution in [1.82, 2.24) is 9.97 Å². The van der Waals surface area contributed by atoms with Crippen molar-refractivity contribution in [2.75, 3.05) is 0 Å². The molecule has 0 aliphatic heterocycles. The Kier molecular flexibility index (Phi) is 3.88. The second-order valence-corrected chi connectivity index (χ2v) is 5.05. The molecule has 0 unspecified atom stereocenters. The fourth-order valence-corrected chi connectivity index (χ4v) is 2.61. The summed E-state index contributed by atoms with van der Waals surface area (Å²) < 4.78 is 0. The number of aryl methyl sites for hydroxylation is 2. The Morgan fingerprint density at radius 3 is 1.89 bits per heavy atom. The summed E-state index contributed by atoms with van der Waals surface area (Å²) in [5.74, 6) is 0.578. The van der Waals surface area contributed by atoms with E-state index in [1.54, 1.807) is 0 Å². The van der Waals surface area contributed by atoms with E-state index in [0.29, 0.717) is 16.1 Å². The van der Waals surface area contributed by atoms with Crippen LogP contribution in [0.2, 0.25) is 10.3 Å². The van der Waals surface area contributed by atoms with Gasteiger partial charge in [-0.15, -0.1) is 0 Å². The zero-order valence-corrected chi connectivity index (χ0v) is 12.1. The Labute approximate surface area is 117 Å². The Balaban J connectivity index is 2.58. The predicted molar refractivity (Wildman–Crippen MR) is 76.3 cm³/mol. The van der Waals surface area contributed by atoms with Gasteiger partial charge in [0, 0.05) is 11.1 Å². The Morgan fingerprint density at radius 1 is 0.944 bits per heavy atom. The first-order valence-electron chi connectivity index (χ1n) is 5.82. The molecule has 0 saturated carbocycles. The molecule has 0 aliphatic carbocycles. The summed E-state index contributed by atoms with van der Waals surface area (Å²) >= 11 is 12.3. The molecule has 0 bridgehead atoms. The van der Waals surface area contributed by atoms with Gasteiger partial charge in [0.05, 0.1) is 0 Å². The largest absolute Gasteiger partial charge is 0.216 e. The van der Waals surface area contributed by atoms with Gasteiger partial charge in [-0.1, -0.05) is 47.3 Å². The van der Waals surface area contributed by atoms with Gasteiger partial charge in [-0.05, 0) is 32.4 Å². The highest BCUT2D eigenvalue weighted by Crippen LogP contribution is 2.26. The van der Waals surface area contributed by atoms with E-state index < -0.39 is 0 Å². The molecule has 0 saturated heterocycles. The summed E-state index contributed by atoms with van der Waals surface area (Å²) in [6.45, 7) is 6.06. The molecule has 1 aromatic carbocycles. The quantitative estimate of drug-likeness (QED) is 0.750. The van der Waals surface area contributed by atoms with Crippen molar-refractivity contribution in [2.24, 2.45) is 0 Å². The van der Waals surface area contributed by atoms with Crippen LogP contribution in [0.3, 0.4) is 0 Å². The van der Waals surface area contributed by atoms with Gasteiger partial charge in [0.1, 0.15) is 10.3 Å². The lowest BCUT2D eigenvalue weighted by Crippen LogP contribution is -1.97. The topological polar surface area (TPSA) is 25.8 Å². The molecule has 1 heterocycles. The summed E-state index contributed by atoms with van der Waals surface area (Å²) in [6.07, 6.45) is 0.727. The van der Waals surface area contributed by atoms with Gasteiger partial charge in [0.25, 0.3) is 0 Å². The predicted octanol–water partition coefficient (Wildman–Crippen LogP) is 4.63. The van der Waals surface area contributed by atoms with Crippen LogP contribution >= 0.6 is 23.2 Å². The second-order valence-electron chi connectivity index (χ2n) is 4.34. The maximum Gasteiger partial charge on any atom is 0.162 e. The monoisotopic (exact) mass is 280 g/mol. The molecule has 4 heteroatoms. The standard InChI is InChI=1S/C14H14Cl2N2/c1-4-11-12(15)17-14(18-13(11)16)10-6-8(2)5-9(3)7-10/h5-7H,4H2,1-3H3. The highest BCUT2D eigenvalue weighted by Gasteiger charge is 2.11. The fraction of sp³-hybridized carbons (Fsp3) is 0.286. The summed E-state index contributed by atoms with van der Waals surface area (Å²) in [6, 6.07) is 6.16. The van der Waals surface area contributed by atoms with Crippen molar-refractivity contribution in [1.29, 1.82) is 0 Å². The van der Waals surface area contributed by atoms with Crippen LogP contribution in [0.1, 0.15) is 23.6 Å². The van der Waals surface area contributed by atoms with E-state index in [-0.39, 0.29) is 0 Å². The van der Waals surface area contributed by atoms with Crippen LogP contribution in [0.15, 0.2) is 18.2 Å². The lowest BCUT2D eigenvalue weighted by molar-refractivity contribution is 1.05. The van der Waals surface area contributed by atoms with E-state index in [9.17, 15) is 0 Å². The van der Waals surface area contributed by atoms with Crippen LogP contribution in [0, 0.1) is 13.8 Å². The fourth-order valence-electron chi connectivity index (χ4n) is 1.96. The number of nitrogens with zero attached hydrogens (tertiary/aromatic N) is 2. The zero-order chi connectivity index (χ0) is 13.3. The molecule has 0 fully saturated rings. The number of hydrogen-bond acceptors (Lipinski definition) is 2. The van der Waals surface area contributed by atoms with Crippen molar-refractivity contribution in [3.8, 4) is 11.4 Å². The Bertz CT molecular complexity index is 551. The van der Waals surface area contributed by atoms with E-state index in [2.05, 4.69) is 16.0 Å². The smallest absolute Gasteiger partial charge is 0.162 e. The van der Waals surface area contributed by atoms with Gasteiger partial charge < -0.3 is 0 Å². The molecule has 94 valence electrons. The molecule has 1 aromatic heterocycles. The summed E-state index contributed by atoms with van der Waals surface area (Å²) in [5, 5.41) is 0.873. The molecule has 0 atom stereocenters. The highest BCUT2D eigenvalue weighted by molar-refractivity contribution is 6.34. The molecular weight excluding hydrogens is 267 g/mol. The minimum Gasteiger partial charge on any atom is -0.216 e. The first-order chi connectivity index (χ1) is 8.51. The average molecular weight is 281 g/mol. The third-order valence-electron chi connectivity index (χ3n) is 2.74. The zero-order valence-electron chi connectivity index (χ0n) is 10.6. The molecule has 18 heavy (non-hydrogen) atoms. The molecule has 2 rings (SSSR count). The average Bonchev–Trinajstić information content (AvgIpc) is 2.27. The summed E-state index contributed by atoms with van der Waals surface area (Å²) in [5.41, 5.74) is 4.08. The molecule has 0 spiro atoms. The highest BCUT2D eigenvalue weighted by atomic mass is 35.5. The lowest BCUT2D eigenvalue weighted by Gasteiger charge is -2.08. The van der Waals surface area contributed by atoms with Crippen LogP contribution in [0.5, 0.6) is 0 Å². The molecule has 2 nitrogen and oxygen atoms in total. The number of halogens is 2. The van der Waals surface area contributed by atoms with Gasteiger partial charge in [-0.25, -0.2) is 9.97 Å². The third kappa shape index (κ3) is 2.65. The van der Waals surface area contributed by atoms with Gasteiger partial charge in [0.15, 0.2) is 5.82 Å². The van der Waals surface area contributed by atoms with Crippen molar-refractivity contribution < 1.29 is 0 Å². The number of aromatic nitrogens is 2. The van der Waals surface area contributed by atoms with E-state index in [0.717, 1.165) is 17.5 Å². The number of hydrogen-bond donors (Lipinski definition) is 0. The van der Waals surface area contributed by atoms with Crippen molar-refractivity contribution in [2.45, 2.75) is 27.2 Å². The molecular formula is C14H14Cl2N2. The van der Waals surface area contributed by atoms with Gasteiger partial charge in [-0.3, -0.25) is 0 Å². The van der Waals surface area contributed by atoms with Crippen LogP contribution < -0.4 is 0 Å². The SMILES string of the molecule is CCc1c(Cl)nc(-c2cc(C)cc(C)c2)nc1Cl. The first-order valence-corrected chi connectivity index (χ1v) is 6.57. The van der Waals surface area contributed by atoms with Crippen molar-refractivity contribution >= 4 is 23.2 Å². The minimum atomic E-state index is 0.437. The number of rotatable bonds is 2. The van der Waals surface area contributed by atoms with Gasteiger partial charge >= 0.3 is 0 Å². The first kappa shape index (κ1) is 13.3. The van der Waals surface area contributed by atoms with Crippen LogP contribution in [-0.2, 0) is 6.42 Å². The second kappa shape index (κ2) is 5.25. The molecule has 0 radical (unpaired) electrons. The van der Waals surface area contributed by atoms with Gasteiger partial charge in [-0.2, -0.15) is 0 Å². The van der Waals surface area contributed by atoms with Crippen LogP contribution in [0.25, 0.3) is 11.4 Å². The van der Waals surface area contributed by atoms with Crippen molar-refractivity contribution in [3.63, 3.8) is 0 Å². The molecule has 0 N–H and O–H groups in total.